The Morgan fingerprint density at radius 1 is 2.00 bits per heavy atom. The van der Waals surface area contributed by atoms with Gasteiger partial charge in [0.1, 0.15) is 0 Å². The van der Waals surface area contributed by atoms with Crippen molar-refractivity contribution in [3.63, 3.8) is 0 Å². The van der Waals surface area contributed by atoms with Crippen molar-refractivity contribution in [2.24, 2.45) is 10.9 Å². The first-order valence-electron chi connectivity index (χ1n) is 1.60. The van der Waals surface area contributed by atoms with Gasteiger partial charge in [-0.15, -0.1) is 0 Å². The van der Waals surface area contributed by atoms with Crippen molar-refractivity contribution in [3.05, 3.63) is 0 Å². The Hall–Kier alpha value is -0.0500. The maximum atomic E-state index is 4.84. The Labute approximate surface area is 45.5 Å². The highest BCUT2D eigenvalue weighted by Crippen LogP contribution is 1.79. The zero-order valence-electron chi connectivity index (χ0n) is 3.61. The van der Waals surface area contributed by atoms with E-state index in [0.29, 0.717) is 0 Å². The molecule has 0 aliphatic rings. The lowest BCUT2D eigenvalue weighted by Gasteiger charge is -1.82. The molecule has 3 heteroatoms. The smallest absolute Gasteiger partial charge is 0.0450 e. The number of hydrogen-bond donors (Lipinski definition) is 1. The van der Waals surface area contributed by atoms with E-state index in [1.54, 1.807) is 0 Å². The maximum Gasteiger partial charge on any atom is 0.0450 e. The summed E-state index contributed by atoms with van der Waals surface area (Å²) in [6.45, 7) is 1.86. The van der Waals surface area contributed by atoms with Gasteiger partial charge in [0, 0.05) is 11.0 Å². The van der Waals surface area contributed by atoms with Gasteiger partial charge in [0.15, 0.2) is 0 Å². The van der Waals surface area contributed by atoms with Crippen LogP contribution in [0.2, 0.25) is 0 Å². The van der Waals surface area contributed by atoms with Gasteiger partial charge in [-0.25, -0.2) is 0 Å². The molecule has 6 heavy (non-hydrogen) atoms. The van der Waals surface area contributed by atoms with Crippen LogP contribution in [-0.4, -0.2) is 11.0 Å². The van der Waals surface area contributed by atoms with Gasteiger partial charge in [-0.1, -0.05) is 15.9 Å². The second kappa shape index (κ2) is 3.15. The fourth-order valence-electron chi connectivity index (χ4n) is 0.0345. The standard InChI is InChI=1S/C3H7BrN2/c1-3(2-4)6-5/h2,5H2,1H3/b6-3+. The second-order valence-corrected chi connectivity index (χ2v) is 1.56. The van der Waals surface area contributed by atoms with E-state index < -0.39 is 0 Å². The van der Waals surface area contributed by atoms with Crippen molar-refractivity contribution >= 4 is 21.6 Å². The molecule has 0 saturated carbocycles. The monoisotopic (exact) mass is 150 g/mol. The molecule has 0 aliphatic heterocycles. The molecule has 2 nitrogen and oxygen atoms in total. The van der Waals surface area contributed by atoms with Crippen molar-refractivity contribution in [1.82, 2.24) is 0 Å². The summed E-state index contributed by atoms with van der Waals surface area (Å²) in [7, 11) is 0. The first kappa shape index (κ1) is 5.95. The van der Waals surface area contributed by atoms with Gasteiger partial charge in [-0.05, 0) is 6.92 Å². The molecule has 0 heterocycles. The number of rotatable bonds is 1. The Bertz CT molecular complexity index is 59.8. The van der Waals surface area contributed by atoms with E-state index in [4.69, 9.17) is 5.84 Å². The second-order valence-electron chi connectivity index (χ2n) is 0.998. The summed E-state index contributed by atoms with van der Waals surface area (Å²) in [6.07, 6.45) is 0. The topological polar surface area (TPSA) is 38.4 Å². The van der Waals surface area contributed by atoms with Gasteiger partial charge in [0.25, 0.3) is 0 Å². The largest absolute Gasteiger partial charge is 0.323 e. The van der Waals surface area contributed by atoms with E-state index in [2.05, 4.69) is 21.0 Å². The Balaban J connectivity index is 3.22. The minimum absolute atomic E-state index is 0.767. The van der Waals surface area contributed by atoms with Gasteiger partial charge in [-0.3, -0.25) is 0 Å². The van der Waals surface area contributed by atoms with E-state index in [1.165, 1.54) is 0 Å². The zero-order chi connectivity index (χ0) is 4.99. The molecule has 0 rings (SSSR count). The summed E-state index contributed by atoms with van der Waals surface area (Å²) in [5.41, 5.74) is 0.912. The quantitative estimate of drug-likeness (QED) is 0.255. The molecule has 36 valence electrons. The Morgan fingerprint density at radius 2 is 2.50 bits per heavy atom. The van der Waals surface area contributed by atoms with Crippen molar-refractivity contribution < 1.29 is 0 Å². The van der Waals surface area contributed by atoms with Crippen LogP contribution in [-0.2, 0) is 0 Å². The average molecular weight is 151 g/mol. The first-order valence-corrected chi connectivity index (χ1v) is 2.72. The van der Waals surface area contributed by atoms with Crippen LogP contribution < -0.4 is 5.84 Å². The molecular formula is C3H7BrN2. The van der Waals surface area contributed by atoms with Crippen molar-refractivity contribution in [1.29, 1.82) is 0 Å². The molecule has 0 radical (unpaired) electrons. The summed E-state index contributed by atoms with van der Waals surface area (Å²) in [5.74, 6) is 4.84. The highest BCUT2D eigenvalue weighted by atomic mass is 79.9. The first-order chi connectivity index (χ1) is 2.81. The van der Waals surface area contributed by atoms with Gasteiger partial charge >= 0.3 is 0 Å². The van der Waals surface area contributed by atoms with E-state index in [9.17, 15) is 0 Å². The molecule has 0 spiro atoms. The summed E-state index contributed by atoms with van der Waals surface area (Å²) in [5, 5.41) is 4.14. The van der Waals surface area contributed by atoms with Crippen LogP contribution in [0.25, 0.3) is 0 Å². The van der Waals surface area contributed by atoms with Gasteiger partial charge in [-0.2, -0.15) is 5.10 Å². The van der Waals surface area contributed by atoms with Crippen LogP contribution in [0.15, 0.2) is 5.10 Å². The molecule has 0 bridgehead atoms. The fraction of sp³-hybridized carbons (Fsp3) is 0.667. The van der Waals surface area contributed by atoms with E-state index in [0.717, 1.165) is 11.0 Å². The lowest BCUT2D eigenvalue weighted by Crippen LogP contribution is -1.95. The molecular weight excluding hydrogens is 144 g/mol. The van der Waals surface area contributed by atoms with Gasteiger partial charge in [0.05, 0.1) is 0 Å². The molecule has 0 aromatic carbocycles. The van der Waals surface area contributed by atoms with Crippen molar-refractivity contribution in [2.45, 2.75) is 6.92 Å². The lowest BCUT2D eigenvalue weighted by atomic mass is 10.5. The molecule has 0 aliphatic carbocycles. The van der Waals surface area contributed by atoms with Crippen LogP contribution in [0.5, 0.6) is 0 Å². The summed E-state index contributed by atoms with van der Waals surface area (Å²) in [4.78, 5) is 0. The van der Waals surface area contributed by atoms with Gasteiger partial charge in [0.2, 0.25) is 0 Å². The summed E-state index contributed by atoms with van der Waals surface area (Å²) in [6, 6.07) is 0. The number of hydrogen-bond acceptors (Lipinski definition) is 2. The predicted molar refractivity (Wildman–Crippen MR) is 31.1 cm³/mol. The Morgan fingerprint density at radius 3 is 2.50 bits per heavy atom. The third kappa shape index (κ3) is 2.20. The molecule has 0 saturated heterocycles. The molecule has 0 atom stereocenters. The van der Waals surface area contributed by atoms with Crippen LogP contribution in [0, 0.1) is 0 Å². The van der Waals surface area contributed by atoms with E-state index in [-0.39, 0.29) is 0 Å². The number of hydrazone groups is 1. The highest BCUT2D eigenvalue weighted by molar-refractivity contribution is 9.09. The predicted octanol–water partition coefficient (Wildman–Crippen LogP) is 0.716. The van der Waals surface area contributed by atoms with Crippen molar-refractivity contribution in [2.75, 3.05) is 5.33 Å². The molecule has 0 amide bonds. The van der Waals surface area contributed by atoms with Gasteiger partial charge < -0.3 is 5.84 Å². The number of alkyl halides is 1. The number of nitrogens with two attached hydrogens (primary N) is 1. The summed E-state index contributed by atoms with van der Waals surface area (Å²) < 4.78 is 0. The lowest BCUT2D eigenvalue weighted by molar-refractivity contribution is 1.23. The third-order valence-electron chi connectivity index (χ3n) is 0.414. The minimum Gasteiger partial charge on any atom is -0.323 e. The average Bonchev–Trinajstić information content (AvgIpc) is 1.65. The van der Waals surface area contributed by atoms with Crippen molar-refractivity contribution in [3.8, 4) is 0 Å². The molecule has 0 aromatic rings. The third-order valence-corrected chi connectivity index (χ3v) is 1.23. The minimum atomic E-state index is 0.767. The Kier molecular flexibility index (Phi) is 3.13. The van der Waals surface area contributed by atoms with Crippen LogP contribution in [0.4, 0.5) is 0 Å². The SMILES string of the molecule is C/C(CBr)=N\N. The molecule has 0 unspecified atom stereocenters. The normalized spacial score (nSPS) is 12.0. The van der Waals surface area contributed by atoms with Crippen LogP contribution >= 0.6 is 15.9 Å². The molecule has 2 N–H and O–H groups in total. The fourth-order valence-corrected chi connectivity index (χ4v) is 0.179. The zero-order valence-corrected chi connectivity index (χ0v) is 5.20. The van der Waals surface area contributed by atoms with E-state index >= 15 is 0 Å². The van der Waals surface area contributed by atoms with Crippen LogP contribution in [0.3, 0.4) is 0 Å². The maximum absolute atomic E-state index is 4.84. The molecule has 0 fully saturated rings. The highest BCUT2D eigenvalue weighted by Gasteiger charge is 1.78. The van der Waals surface area contributed by atoms with E-state index in [1.807, 2.05) is 6.92 Å². The number of nitrogens with zero attached hydrogens (tertiary/aromatic N) is 1. The summed E-state index contributed by atoms with van der Waals surface area (Å²) >= 11 is 3.16. The number of halogens is 1. The molecule has 0 aromatic heterocycles. The van der Waals surface area contributed by atoms with Crippen LogP contribution in [0.1, 0.15) is 6.92 Å².